The molecule has 1 saturated carbocycles. The molecule has 0 spiro atoms. The molecule has 2 aromatic rings. The Morgan fingerprint density at radius 2 is 1.90 bits per heavy atom. The van der Waals surface area contributed by atoms with E-state index >= 15 is 0 Å². The summed E-state index contributed by atoms with van der Waals surface area (Å²) in [5.74, 6) is -2.75. The van der Waals surface area contributed by atoms with Crippen LogP contribution in [0.4, 0.5) is 15.8 Å². The van der Waals surface area contributed by atoms with Gasteiger partial charge in [0.05, 0.1) is 24.4 Å². The number of halogens is 1. The monoisotopic (exact) mass is 421 g/mol. The van der Waals surface area contributed by atoms with Crippen molar-refractivity contribution in [3.8, 4) is 5.75 Å². The molecule has 2 atom stereocenters. The zero-order valence-corrected chi connectivity index (χ0v) is 15.8. The van der Waals surface area contributed by atoms with Crippen molar-refractivity contribution in [2.75, 3.05) is 10.9 Å². The molecule has 2 aromatic carbocycles. The van der Waals surface area contributed by atoms with E-state index in [1.165, 1.54) is 6.07 Å². The number of carbonyl (C=O) groups is 2. The zero-order chi connectivity index (χ0) is 20.9. The van der Waals surface area contributed by atoms with E-state index < -0.39 is 35.1 Å². The predicted molar refractivity (Wildman–Crippen MR) is 99.9 cm³/mol. The molecule has 2 aliphatic rings. The summed E-state index contributed by atoms with van der Waals surface area (Å²) in [6.45, 7) is 0.353. The van der Waals surface area contributed by atoms with E-state index in [9.17, 15) is 27.5 Å². The van der Waals surface area contributed by atoms with Gasteiger partial charge in [0.1, 0.15) is 17.1 Å². The van der Waals surface area contributed by atoms with Crippen molar-refractivity contribution in [1.29, 1.82) is 0 Å². The molecule has 1 heterocycles. The Kier molecular flexibility index (Phi) is 4.65. The molecule has 2 N–H and O–H groups in total. The maximum atomic E-state index is 13.7. The van der Waals surface area contributed by atoms with E-state index in [0.29, 0.717) is 22.4 Å². The van der Waals surface area contributed by atoms with Gasteiger partial charge < -0.3 is 14.9 Å². The normalized spacial score (nSPS) is 19.1. The lowest BCUT2D eigenvalue weighted by Gasteiger charge is -2.26. The molecule has 1 fully saturated rings. The second-order valence-corrected chi connectivity index (χ2v) is 7.87. The van der Waals surface area contributed by atoms with E-state index in [2.05, 4.69) is 0 Å². The summed E-state index contributed by atoms with van der Waals surface area (Å²) in [5, 5.41) is 18.9. The number of carboxylic acid groups (broad SMARTS) is 2. The number of carboxylic acids is 2. The van der Waals surface area contributed by atoms with Crippen LogP contribution in [0.15, 0.2) is 30.3 Å². The van der Waals surface area contributed by atoms with Gasteiger partial charge in [-0.15, -0.1) is 0 Å². The molecule has 8 nitrogen and oxygen atoms in total. The van der Waals surface area contributed by atoms with Gasteiger partial charge in [0, 0.05) is 5.92 Å². The van der Waals surface area contributed by atoms with Crippen LogP contribution in [0.2, 0.25) is 0 Å². The van der Waals surface area contributed by atoms with E-state index in [4.69, 9.17) is 9.84 Å². The van der Waals surface area contributed by atoms with Gasteiger partial charge in [0.25, 0.3) is 0 Å². The van der Waals surface area contributed by atoms with Crippen molar-refractivity contribution in [2.24, 2.45) is 5.92 Å². The number of hydrogen-bond donors (Lipinski definition) is 3. The van der Waals surface area contributed by atoms with Crippen LogP contribution in [-0.2, 0) is 22.1 Å². The van der Waals surface area contributed by atoms with Gasteiger partial charge in [-0.1, -0.05) is 6.07 Å². The average molecular weight is 421 g/mol. The van der Waals surface area contributed by atoms with Gasteiger partial charge in [-0.3, -0.25) is 4.79 Å². The van der Waals surface area contributed by atoms with Crippen molar-refractivity contribution in [2.45, 2.75) is 18.8 Å². The largest absolute Gasteiger partial charge is 0.492 e. The van der Waals surface area contributed by atoms with Crippen LogP contribution in [0.3, 0.4) is 0 Å². The summed E-state index contributed by atoms with van der Waals surface area (Å²) < 4.78 is 44.2. The van der Waals surface area contributed by atoms with Crippen LogP contribution in [0.1, 0.15) is 33.8 Å². The number of benzene rings is 2. The van der Waals surface area contributed by atoms with E-state index in [1.807, 2.05) is 0 Å². The molecule has 0 bridgehead atoms. The fraction of sp³-hybridized carbons (Fsp3) is 0.263. The van der Waals surface area contributed by atoms with E-state index in [1.54, 1.807) is 6.07 Å². The maximum Gasteiger partial charge on any atom is 0.341 e. The Labute approximate surface area is 166 Å². The summed E-state index contributed by atoms with van der Waals surface area (Å²) in [5.41, 5.74) is -0.0305. The third-order valence-electron chi connectivity index (χ3n) is 5.15. The molecule has 2 unspecified atom stereocenters. The lowest BCUT2D eigenvalue weighted by Crippen LogP contribution is -2.22. The topological polar surface area (TPSA) is 121 Å². The number of nitrogens with zero attached hydrogens (tertiary/aromatic N) is 1. The number of hydrogen-bond acceptors (Lipinski definition) is 5. The minimum absolute atomic E-state index is 0.103. The Morgan fingerprint density at radius 1 is 1.17 bits per heavy atom. The highest BCUT2D eigenvalue weighted by Crippen LogP contribution is 2.55. The highest BCUT2D eigenvalue weighted by Gasteiger charge is 2.45. The van der Waals surface area contributed by atoms with Crippen LogP contribution in [0.25, 0.3) is 0 Å². The van der Waals surface area contributed by atoms with Crippen molar-refractivity contribution < 1.29 is 37.3 Å². The molecule has 10 heteroatoms. The van der Waals surface area contributed by atoms with Crippen molar-refractivity contribution in [1.82, 2.24) is 0 Å². The molecule has 0 radical (unpaired) electrons. The SMILES string of the molecule is O=C(O)Cc1cc(F)ccc1N(c1ccc2c(c1C(=O)O)OCC1CC21)[SH](=O)=O. The molecular weight excluding hydrogens is 405 g/mol. The summed E-state index contributed by atoms with van der Waals surface area (Å²) in [6, 6.07) is 6.01. The third kappa shape index (κ3) is 3.39. The molecule has 0 aromatic heterocycles. The first-order valence-electron chi connectivity index (χ1n) is 8.75. The van der Waals surface area contributed by atoms with Crippen LogP contribution in [0, 0.1) is 11.7 Å². The number of anilines is 2. The Bertz CT molecular complexity index is 1110. The summed E-state index contributed by atoms with van der Waals surface area (Å²) >= 11 is 0. The molecule has 0 saturated heterocycles. The number of rotatable bonds is 6. The number of fused-ring (bicyclic) bond motifs is 3. The van der Waals surface area contributed by atoms with Gasteiger partial charge in [-0.25, -0.2) is 21.9 Å². The second kappa shape index (κ2) is 7.03. The average Bonchev–Trinajstić information content (AvgIpc) is 3.42. The number of thiol groups is 1. The predicted octanol–water partition coefficient (Wildman–Crippen LogP) is 2.31. The second-order valence-electron chi connectivity index (χ2n) is 6.99. The quantitative estimate of drug-likeness (QED) is 0.612. The van der Waals surface area contributed by atoms with Crippen LogP contribution in [0.5, 0.6) is 5.75 Å². The van der Waals surface area contributed by atoms with Crippen molar-refractivity contribution in [3.05, 3.63) is 52.8 Å². The van der Waals surface area contributed by atoms with Gasteiger partial charge in [0.15, 0.2) is 0 Å². The van der Waals surface area contributed by atoms with Crippen molar-refractivity contribution >= 4 is 34.2 Å². The van der Waals surface area contributed by atoms with Gasteiger partial charge >= 0.3 is 11.9 Å². The molecule has 0 amide bonds. The summed E-state index contributed by atoms with van der Waals surface area (Å²) in [6.07, 6.45) is 0.242. The molecule has 152 valence electrons. The molecule has 1 aliphatic carbocycles. The van der Waals surface area contributed by atoms with Gasteiger partial charge in [0.2, 0.25) is 10.9 Å². The van der Waals surface area contributed by atoms with E-state index in [0.717, 1.165) is 24.6 Å². The fourth-order valence-corrected chi connectivity index (χ4v) is 4.51. The fourth-order valence-electron chi connectivity index (χ4n) is 3.79. The third-order valence-corrected chi connectivity index (χ3v) is 5.90. The number of aromatic carboxylic acids is 1. The van der Waals surface area contributed by atoms with Crippen LogP contribution >= 0.6 is 0 Å². The van der Waals surface area contributed by atoms with E-state index in [-0.39, 0.29) is 34.2 Å². The lowest BCUT2D eigenvalue weighted by atomic mass is 9.99. The highest BCUT2D eigenvalue weighted by molar-refractivity contribution is 7.74. The molecule has 1 aliphatic heterocycles. The molecular formula is C19H16FNO7S. The van der Waals surface area contributed by atoms with Gasteiger partial charge in [-0.2, -0.15) is 0 Å². The first-order valence-corrected chi connectivity index (χ1v) is 9.88. The Morgan fingerprint density at radius 3 is 2.55 bits per heavy atom. The van der Waals surface area contributed by atoms with Crippen LogP contribution in [-0.4, -0.2) is 37.2 Å². The lowest BCUT2D eigenvalue weighted by molar-refractivity contribution is -0.136. The smallest absolute Gasteiger partial charge is 0.341 e. The number of aliphatic carboxylic acids is 1. The number of ether oxygens (including phenoxy) is 1. The van der Waals surface area contributed by atoms with Crippen molar-refractivity contribution in [3.63, 3.8) is 0 Å². The standard InChI is InChI=1S/C19H16FNO7S/c20-11-1-3-14(9(5-11)7-16(22)23)21(29(26)27)15-4-2-12-13-6-10(13)8-28-18(12)17(15)19(24)25/h1-5,10,13,29H,6-8H2,(H,22,23)(H,24,25). The van der Waals surface area contributed by atoms with Crippen LogP contribution < -0.4 is 9.04 Å². The first kappa shape index (κ1) is 19.2. The minimum Gasteiger partial charge on any atom is -0.492 e. The summed E-state index contributed by atoms with van der Waals surface area (Å²) in [4.78, 5) is 23.2. The maximum absolute atomic E-state index is 13.7. The molecule has 4 rings (SSSR count). The summed E-state index contributed by atoms with van der Waals surface area (Å²) in [7, 11) is -3.42. The zero-order valence-electron chi connectivity index (χ0n) is 14.9. The first-order chi connectivity index (χ1) is 13.8. The Balaban J connectivity index is 1.92. The molecule has 29 heavy (non-hydrogen) atoms. The minimum atomic E-state index is -3.42. The highest BCUT2D eigenvalue weighted by atomic mass is 32.2. The Hall–Kier alpha value is -3.14. The van der Waals surface area contributed by atoms with Gasteiger partial charge in [-0.05, 0) is 47.7 Å².